The maximum atomic E-state index is 12.7. The first-order valence-corrected chi connectivity index (χ1v) is 13.1. The average molecular weight is 499 g/mol. The van der Waals surface area contributed by atoms with Crippen molar-refractivity contribution in [3.8, 4) is 5.75 Å². The van der Waals surface area contributed by atoms with Crippen LogP contribution in [0.3, 0.4) is 0 Å². The van der Waals surface area contributed by atoms with E-state index in [1.54, 1.807) is 12.3 Å². The lowest BCUT2D eigenvalue weighted by molar-refractivity contribution is -0.126. The second-order valence-corrected chi connectivity index (χ2v) is 10.0. The Bertz CT molecular complexity index is 1310. The molecule has 0 aliphatic heterocycles. The monoisotopic (exact) mass is 498 g/mol. The van der Waals surface area contributed by atoms with Crippen LogP contribution >= 0.6 is 0 Å². The van der Waals surface area contributed by atoms with Crippen molar-refractivity contribution in [2.24, 2.45) is 5.92 Å². The van der Waals surface area contributed by atoms with E-state index in [4.69, 9.17) is 9.72 Å². The first-order valence-electron chi connectivity index (χ1n) is 13.1. The number of nitrogens with one attached hydrogen (secondary N) is 1. The van der Waals surface area contributed by atoms with Gasteiger partial charge in [-0.1, -0.05) is 44.1 Å². The number of carbonyl (C=O) groups is 1. The first kappa shape index (κ1) is 26.4. The molecule has 6 heteroatoms. The summed E-state index contributed by atoms with van der Waals surface area (Å²) in [5.41, 5.74) is 6.81. The van der Waals surface area contributed by atoms with Gasteiger partial charge in [-0.3, -0.25) is 9.78 Å². The summed E-state index contributed by atoms with van der Waals surface area (Å²) in [4.78, 5) is 24.2. The molecular weight excluding hydrogens is 460 g/mol. The number of hydrogen-bond acceptors (Lipinski definition) is 5. The van der Waals surface area contributed by atoms with Crippen LogP contribution in [-0.4, -0.2) is 34.9 Å². The van der Waals surface area contributed by atoms with Crippen LogP contribution in [-0.2, 0) is 17.9 Å². The van der Waals surface area contributed by atoms with Gasteiger partial charge in [0.15, 0.2) is 0 Å². The van der Waals surface area contributed by atoms with Gasteiger partial charge >= 0.3 is 0 Å². The molecule has 1 N–H and O–H groups in total. The van der Waals surface area contributed by atoms with Crippen LogP contribution in [0.25, 0.3) is 16.6 Å². The topological polar surface area (TPSA) is 67.4 Å². The average Bonchev–Trinajstić information content (AvgIpc) is 2.89. The van der Waals surface area contributed by atoms with Gasteiger partial charge in [-0.15, -0.1) is 0 Å². The zero-order chi connectivity index (χ0) is 26.4. The fourth-order valence-electron chi connectivity index (χ4n) is 5.09. The number of amides is 1. The molecule has 37 heavy (non-hydrogen) atoms. The van der Waals surface area contributed by atoms with Gasteiger partial charge in [-0.2, -0.15) is 0 Å². The van der Waals surface area contributed by atoms with E-state index in [0.717, 1.165) is 76.1 Å². The summed E-state index contributed by atoms with van der Waals surface area (Å²) in [6.07, 6.45) is 11.1. The molecule has 0 spiro atoms. The Kier molecular flexibility index (Phi) is 8.59. The molecule has 1 aliphatic carbocycles. The predicted molar refractivity (Wildman–Crippen MR) is 150 cm³/mol. The molecule has 0 radical (unpaired) electrons. The van der Waals surface area contributed by atoms with Crippen molar-refractivity contribution in [1.29, 1.82) is 0 Å². The molecule has 0 unspecified atom stereocenters. The minimum absolute atomic E-state index is 0.125. The Morgan fingerprint density at radius 1 is 1.19 bits per heavy atom. The molecule has 0 saturated heterocycles. The Morgan fingerprint density at radius 3 is 2.70 bits per heavy atom. The number of para-hydroxylation sites is 1. The lowest BCUT2D eigenvalue weighted by Crippen LogP contribution is -2.32. The normalized spacial score (nSPS) is 14.4. The van der Waals surface area contributed by atoms with Gasteiger partial charge < -0.3 is 15.0 Å². The number of nitrogens with zero attached hydrogens (tertiary/aromatic N) is 3. The molecule has 1 aromatic carbocycles. The van der Waals surface area contributed by atoms with E-state index in [1.165, 1.54) is 6.42 Å². The van der Waals surface area contributed by atoms with E-state index in [9.17, 15) is 4.79 Å². The number of aryl methyl sites for hydroxylation is 2. The molecule has 0 atom stereocenters. The third-order valence-electron chi connectivity index (χ3n) is 7.12. The SMILES string of the molecule is C=C/C=C(/c1cc(C)nc2c(OCc3c(C)ccnc3CNC(=O)C3CCCCC3)cccc12)N(C)C. The fraction of sp³-hybridized carbons (Fsp3) is 0.387. The van der Waals surface area contributed by atoms with Crippen LogP contribution in [0.2, 0.25) is 0 Å². The van der Waals surface area contributed by atoms with Gasteiger partial charge in [-0.05, 0) is 56.5 Å². The lowest BCUT2D eigenvalue weighted by atomic mass is 9.88. The van der Waals surface area contributed by atoms with Gasteiger partial charge in [0, 0.05) is 54.1 Å². The zero-order valence-electron chi connectivity index (χ0n) is 22.5. The highest BCUT2D eigenvalue weighted by molar-refractivity contribution is 5.94. The second kappa shape index (κ2) is 12.0. The Labute approximate surface area is 220 Å². The quantitative estimate of drug-likeness (QED) is 0.361. The highest BCUT2D eigenvalue weighted by atomic mass is 16.5. The van der Waals surface area contributed by atoms with Crippen molar-refractivity contribution >= 4 is 22.5 Å². The molecule has 194 valence electrons. The number of fused-ring (bicyclic) bond motifs is 1. The van der Waals surface area contributed by atoms with Crippen molar-refractivity contribution in [3.05, 3.63) is 83.3 Å². The minimum atomic E-state index is 0.125. The summed E-state index contributed by atoms with van der Waals surface area (Å²) in [7, 11) is 4.05. The number of hydrogen-bond donors (Lipinski definition) is 1. The van der Waals surface area contributed by atoms with Gasteiger partial charge in [-0.25, -0.2) is 4.98 Å². The van der Waals surface area contributed by atoms with Crippen LogP contribution in [0.15, 0.2) is 55.3 Å². The van der Waals surface area contributed by atoms with E-state index < -0.39 is 0 Å². The smallest absolute Gasteiger partial charge is 0.223 e. The summed E-state index contributed by atoms with van der Waals surface area (Å²) >= 11 is 0. The number of benzene rings is 1. The molecule has 4 rings (SSSR count). The highest BCUT2D eigenvalue weighted by Crippen LogP contribution is 2.32. The second-order valence-electron chi connectivity index (χ2n) is 10.0. The zero-order valence-corrected chi connectivity index (χ0v) is 22.5. The maximum Gasteiger partial charge on any atom is 0.223 e. The van der Waals surface area contributed by atoms with Crippen molar-refractivity contribution in [1.82, 2.24) is 20.2 Å². The van der Waals surface area contributed by atoms with E-state index in [0.29, 0.717) is 13.2 Å². The number of ether oxygens (including phenoxy) is 1. The third-order valence-corrected chi connectivity index (χ3v) is 7.12. The van der Waals surface area contributed by atoms with Gasteiger partial charge in [0.1, 0.15) is 17.9 Å². The molecule has 0 bridgehead atoms. The fourth-order valence-corrected chi connectivity index (χ4v) is 5.09. The Morgan fingerprint density at radius 2 is 1.97 bits per heavy atom. The number of aromatic nitrogens is 2. The van der Waals surface area contributed by atoms with Crippen LogP contribution in [0.4, 0.5) is 0 Å². The summed E-state index contributed by atoms with van der Waals surface area (Å²) in [6.45, 7) is 8.70. The molecular formula is C31H38N4O2. The van der Waals surface area contributed by atoms with Gasteiger partial charge in [0.05, 0.1) is 12.2 Å². The summed E-state index contributed by atoms with van der Waals surface area (Å²) in [5, 5.41) is 4.15. The van der Waals surface area contributed by atoms with Crippen molar-refractivity contribution in [2.45, 2.75) is 59.1 Å². The van der Waals surface area contributed by atoms with Crippen LogP contribution in [0.5, 0.6) is 5.75 Å². The molecule has 1 saturated carbocycles. The van der Waals surface area contributed by atoms with Crippen LogP contribution in [0.1, 0.15) is 60.2 Å². The minimum Gasteiger partial charge on any atom is -0.487 e. The highest BCUT2D eigenvalue weighted by Gasteiger charge is 2.21. The molecule has 2 heterocycles. The van der Waals surface area contributed by atoms with Crippen molar-refractivity contribution < 1.29 is 9.53 Å². The van der Waals surface area contributed by atoms with E-state index in [1.807, 2.05) is 45.3 Å². The number of allylic oxidation sites excluding steroid dienone is 2. The Balaban J connectivity index is 1.59. The number of carbonyl (C=O) groups excluding carboxylic acids is 1. The van der Waals surface area contributed by atoms with E-state index in [2.05, 4.69) is 40.8 Å². The molecule has 3 aromatic rings. The van der Waals surface area contributed by atoms with E-state index in [-0.39, 0.29) is 11.8 Å². The standard InChI is InChI=1S/C31H38N4O2/c1-6-11-28(35(4)5)25-18-22(3)34-30-24(25)14-10-15-29(30)37-20-26-21(2)16-17-32-27(26)19-33-31(36)23-12-8-7-9-13-23/h6,10-11,14-18,23H,1,7-9,12-13,19-20H2,2-5H3,(H,33,36)/b28-11-. The van der Waals surface area contributed by atoms with Crippen LogP contribution < -0.4 is 10.1 Å². The maximum absolute atomic E-state index is 12.7. The molecule has 1 amide bonds. The van der Waals surface area contributed by atoms with E-state index >= 15 is 0 Å². The van der Waals surface area contributed by atoms with Gasteiger partial charge in [0.25, 0.3) is 0 Å². The molecule has 6 nitrogen and oxygen atoms in total. The summed E-state index contributed by atoms with van der Waals surface area (Å²) < 4.78 is 6.39. The molecule has 2 aromatic heterocycles. The van der Waals surface area contributed by atoms with Crippen LogP contribution in [0, 0.1) is 19.8 Å². The summed E-state index contributed by atoms with van der Waals surface area (Å²) in [6, 6.07) is 10.1. The van der Waals surface area contributed by atoms with Crippen molar-refractivity contribution in [2.75, 3.05) is 14.1 Å². The van der Waals surface area contributed by atoms with Gasteiger partial charge in [0.2, 0.25) is 5.91 Å². The Hall–Kier alpha value is -3.67. The largest absolute Gasteiger partial charge is 0.487 e. The third kappa shape index (κ3) is 6.19. The number of pyridine rings is 2. The van der Waals surface area contributed by atoms with Crippen molar-refractivity contribution in [3.63, 3.8) is 0 Å². The molecule has 1 aliphatic rings. The lowest BCUT2D eigenvalue weighted by Gasteiger charge is -2.21. The predicted octanol–water partition coefficient (Wildman–Crippen LogP) is 6.11. The molecule has 1 fully saturated rings. The summed E-state index contributed by atoms with van der Waals surface area (Å²) in [5.74, 6) is 0.986. The first-order chi connectivity index (χ1) is 17.9. The number of rotatable bonds is 9.